The molecular weight excluding hydrogens is 589 g/mol. The number of hydrogen-bond donors (Lipinski definition) is 0. The second kappa shape index (κ2) is 11.4. The molecule has 0 aliphatic carbocycles. The zero-order valence-electron chi connectivity index (χ0n) is 31.1. The summed E-state index contributed by atoms with van der Waals surface area (Å²) in [6.45, 7) is 29.7. The highest BCUT2D eigenvalue weighted by Gasteiger charge is 2.47. The molecule has 6 rings (SSSR count). The van der Waals surface area contributed by atoms with E-state index in [1.54, 1.807) is 10.6 Å². The van der Waals surface area contributed by atoms with Crippen LogP contribution in [-0.2, 0) is 14.1 Å². The van der Waals surface area contributed by atoms with Crippen molar-refractivity contribution < 1.29 is 0 Å². The number of rotatable bonds is 8. The summed E-state index contributed by atoms with van der Waals surface area (Å²) in [4.78, 5) is 0. The van der Waals surface area contributed by atoms with E-state index in [-0.39, 0.29) is 0 Å². The smallest absolute Gasteiger partial charge is 0.115 e. The fraction of sp³-hybridized carbons (Fsp3) is 0.476. The van der Waals surface area contributed by atoms with E-state index in [1.165, 1.54) is 54.1 Å². The van der Waals surface area contributed by atoms with Gasteiger partial charge in [0.25, 0.3) is 0 Å². The molecule has 0 aliphatic rings. The van der Waals surface area contributed by atoms with Gasteiger partial charge in [-0.05, 0) is 102 Å². The van der Waals surface area contributed by atoms with E-state index in [1.807, 2.05) is 0 Å². The Hall–Kier alpha value is -2.83. The van der Waals surface area contributed by atoms with Crippen LogP contribution in [0.2, 0.25) is 33.2 Å². The van der Waals surface area contributed by atoms with Crippen LogP contribution in [0, 0.1) is 0 Å². The first-order valence-corrected chi connectivity index (χ1v) is 22.4. The van der Waals surface area contributed by atoms with Crippen molar-refractivity contribution in [2.24, 2.45) is 14.1 Å². The lowest BCUT2D eigenvalue weighted by molar-refractivity contribution is 0.819. The summed E-state index contributed by atoms with van der Waals surface area (Å²) in [7, 11) is 1.07. The van der Waals surface area contributed by atoms with Crippen molar-refractivity contribution >= 4 is 80.9 Å². The van der Waals surface area contributed by atoms with Crippen LogP contribution in [0.25, 0.3) is 54.1 Å². The van der Waals surface area contributed by atoms with Gasteiger partial charge in [-0.1, -0.05) is 107 Å². The summed E-state index contributed by atoms with van der Waals surface area (Å²) in [5, 5.41) is 14.1. The maximum Gasteiger partial charge on any atom is 0.115 e. The van der Waals surface area contributed by atoms with Gasteiger partial charge in [0.05, 0.1) is 0 Å². The van der Waals surface area contributed by atoms with E-state index in [9.17, 15) is 0 Å². The Labute approximate surface area is 280 Å². The quantitative estimate of drug-likeness (QED) is 0.115. The van der Waals surface area contributed by atoms with Gasteiger partial charge in [0.1, 0.15) is 16.1 Å². The lowest BCUT2D eigenvalue weighted by Crippen LogP contribution is -2.57. The highest BCUT2D eigenvalue weighted by atomic mass is 28.3. The fourth-order valence-electron chi connectivity index (χ4n) is 11.1. The minimum absolute atomic E-state index is 0.682. The summed E-state index contributed by atoms with van der Waals surface area (Å²) in [5.41, 5.74) is 6.83. The minimum atomic E-state index is -1.80. The Morgan fingerprint density at radius 3 is 0.957 bits per heavy atom. The first-order chi connectivity index (χ1) is 21.6. The third-order valence-electron chi connectivity index (χ3n) is 12.8. The highest BCUT2D eigenvalue weighted by molar-refractivity contribution is 6.95. The van der Waals surface area contributed by atoms with Crippen molar-refractivity contribution in [1.29, 1.82) is 0 Å². The summed E-state index contributed by atoms with van der Waals surface area (Å²) < 4.78 is 5.15. The number of aromatic nitrogens is 2. The van der Waals surface area contributed by atoms with Gasteiger partial charge < -0.3 is 9.13 Å². The van der Waals surface area contributed by atoms with Crippen LogP contribution in [0.3, 0.4) is 0 Å². The molecule has 2 nitrogen and oxygen atoms in total. The number of nitrogens with zero attached hydrogens (tertiary/aromatic N) is 2. The Balaban J connectivity index is 1.61. The first kappa shape index (κ1) is 33.1. The molecule has 46 heavy (non-hydrogen) atoms. The molecule has 0 amide bonds. The van der Waals surface area contributed by atoms with Crippen molar-refractivity contribution in [2.75, 3.05) is 0 Å². The molecule has 0 aliphatic heterocycles. The molecule has 0 spiro atoms. The summed E-state index contributed by atoms with van der Waals surface area (Å²) in [6, 6.07) is 24.5. The van der Waals surface area contributed by atoms with Gasteiger partial charge in [0.2, 0.25) is 0 Å². The molecule has 0 fully saturated rings. The Kier molecular flexibility index (Phi) is 8.20. The van der Waals surface area contributed by atoms with E-state index < -0.39 is 16.1 Å². The molecule has 0 saturated heterocycles. The molecule has 0 unspecified atom stereocenters. The monoisotopic (exact) mass is 646 g/mol. The van der Waals surface area contributed by atoms with Crippen molar-refractivity contribution in [2.45, 2.75) is 116 Å². The summed E-state index contributed by atoms with van der Waals surface area (Å²) in [6.07, 6.45) is 0. The maximum absolute atomic E-state index is 2.57. The molecule has 0 N–H and O–H groups in total. The standard InChI is InChI=1S/C42H58N2Si2/c1-25(2)45(26(3)4,27(5)6)41-21-33-19-31-15-17-36-35(37(31)23-39(33)43(41)13)18-16-32-20-34-22-42(44(14)40(34)24-38(32)36)46(28(7)8,29(9)10)30(11)12/h15-30H,1-14H3. The molecule has 4 heteroatoms. The molecule has 0 saturated carbocycles. The average molecular weight is 647 g/mol. The molecule has 6 aromatic rings. The summed E-state index contributed by atoms with van der Waals surface area (Å²) in [5.74, 6) is 0. The Morgan fingerprint density at radius 2 is 0.674 bits per heavy atom. The molecule has 2 heterocycles. The molecule has 0 radical (unpaired) electrons. The average Bonchev–Trinajstić information content (AvgIpc) is 3.45. The van der Waals surface area contributed by atoms with Crippen LogP contribution >= 0.6 is 0 Å². The van der Waals surface area contributed by atoms with Crippen LogP contribution in [0.15, 0.2) is 60.7 Å². The summed E-state index contributed by atoms with van der Waals surface area (Å²) >= 11 is 0. The van der Waals surface area contributed by atoms with E-state index in [2.05, 4.69) is 167 Å². The van der Waals surface area contributed by atoms with Crippen LogP contribution in [0.5, 0.6) is 0 Å². The fourth-order valence-corrected chi connectivity index (χ4v) is 24.9. The molecule has 4 aromatic carbocycles. The van der Waals surface area contributed by atoms with Crippen molar-refractivity contribution in [3.05, 3.63) is 60.7 Å². The largest absolute Gasteiger partial charge is 0.352 e. The third-order valence-corrected chi connectivity index (χ3v) is 27.0. The van der Waals surface area contributed by atoms with Gasteiger partial charge >= 0.3 is 0 Å². The Morgan fingerprint density at radius 1 is 0.370 bits per heavy atom. The molecule has 0 atom stereocenters. The molecule has 244 valence electrons. The van der Waals surface area contributed by atoms with Crippen molar-refractivity contribution in [3.8, 4) is 0 Å². The highest BCUT2D eigenvalue weighted by Crippen LogP contribution is 2.44. The predicted octanol–water partition coefficient (Wildman–Crippen LogP) is 11.9. The number of hydrogen-bond acceptors (Lipinski definition) is 0. The topological polar surface area (TPSA) is 9.86 Å². The van der Waals surface area contributed by atoms with Gasteiger partial charge in [-0.3, -0.25) is 0 Å². The maximum atomic E-state index is 2.57. The van der Waals surface area contributed by atoms with E-state index >= 15 is 0 Å². The zero-order valence-corrected chi connectivity index (χ0v) is 33.1. The molecule has 0 bridgehead atoms. The predicted molar refractivity (Wildman–Crippen MR) is 213 cm³/mol. The third kappa shape index (κ3) is 4.38. The lowest BCUT2D eigenvalue weighted by Gasteiger charge is -2.43. The Bertz CT molecular complexity index is 1910. The molecule has 2 aromatic heterocycles. The van der Waals surface area contributed by atoms with E-state index in [0.29, 0.717) is 33.2 Å². The second-order valence-corrected chi connectivity index (χ2v) is 28.1. The number of fused-ring (bicyclic) bond motifs is 7. The second-order valence-electron chi connectivity index (χ2n) is 16.5. The van der Waals surface area contributed by atoms with Gasteiger partial charge in [-0.25, -0.2) is 0 Å². The van der Waals surface area contributed by atoms with Crippen LogP contribution < -0.4 is 10.6 Å². The van der Waals surface area contributed by atoms with Crippen LogP contribution in [0.4, 0.5) is 0 Å². The van der Waals surface area contributed by atoms with Crippen molar-refractivity contribution in [3.63, 3.8) is 0 Å². The first-order valence-electron chi connectivity index (χ1n) is 18.0. The lowest BCUT2D eigenvalue weighted by atomic mass is 9.96. The van der Waals surface area contributed by atoms with Gasteiger partial charge in [-0.2, -0.15) is 0 Å². The van der Waals surface area contributed by atoms with Gasteiger partial charge in [0.15, 0.2) is 0 Å². The van der Waals surface area contributed by atoms with E-state index in [0.717, 1.165) is 0 Å². The zero-order chi connectivity index (χ0) is 33.6. The normalized spacial score (nSPS) is 13.7. The number of aryl methyl sites for hydroxylation is 2. The van der Waals surface area contributed by atoms with Crippen LogP contribution in [-0.4, -0.2) is 25.3 Å². The van der Waals surface area contributed by atoms with Gasteiger partial charge in [-0.15, -0.1) is 0 Å². The van der Waals surface area contributed by atoms with Crippen molar-refractivity contribution in [1.82, 2.24) is 9.13 Å². The SMILES string of the molecule is CC(C)[Si](c1cc2cc3ccc4c5cc6c(cc([Si](C(C)C)(C(C)C)C(C)C)n6C)cc5ccc4c3cc2n1C)(C(C)C)C(C)C. The number of benzene rings is 4. The van der Waals surface area contributed by atoms with Gasteiger partial charge in [0, 0.05) is 46.5 Å². The van der Waals surface area contributed by atoms with Crippen LogP contribution in [0.1, 0.15) is 83.1 Å². The molecular formula is C42H58N2Si2. The minimum Gasteiger partial charge on any atom is -0.352 e. The van der Waals surface area contributed by atoms with E-state index in [4.69, 9.17) is 0 Å².